The third kappa shape index (κ3) is 2.54. The molecule has 1 aromatic rings. The molecule has 0 fully saturated rings. The van der Waals surface area contributed by atoms with E-state index in [1.54, 1.807) is 23.3 Å². The summed E-state index contributed by atoms with van der Waals surface area (Å²) in [6.45, 7) is 8.23. The van der Waals surface area contributed by atoms with E-state index in [-0.39, 0.29) is 5.91 Å². The summed E-state index contributed by atoms with van der Waals surface area (Å²) < 4.78 is 0. The Morgan fingerprint density at radius 1 is 1.25 bits per heavy atom. The second kappa shape index (κ2) is 6.02. The predicted octanol–water partition coefficient (Wildman–Crippen LogP) is 2.26. The molecule has 102 valence electrons. The van der Waals surface area contributed by atoms with Gasteiger partial charge in [0.2, 0.25) is 0 Å². The number of nitrogens with two attached hydrogens (primary N) is 1. The Bertz CT molecular complexity index is 604. The molecule has 0 unspecified atom stereocenters. The van der Waals surface area contributed by atoms with Crippen LogP contribution in [0.1, 0.15) is 5.56 Å². The van der Waals surface area contributed by atoms with Crippen molar-refractivity contribution in [2.75, 3.05) is 18.8 Å². The third-order valence-electron chi connectivity index (χ3n) is 3.02. The van der Waals surface area contributed by atoms with E-state index in [1.807, 2.05) is 24.3 Å². The molecule has 0 atom stereocenters. The fourth-order valence-electron chi connectivity index (χ4n) is 2.01. The van der Waals surface area contributed by atoms with Gasteiger partial charge in [-0.25, -0.2) is 4.99 Å². The standard InChI is InChI=1S/C16H17N3O/c1-3-9-19(10-4-2)16(20)15-13(11-18-15)12-7-5-6-8-14(12)17/h3-8,11H,1-2,9-10,17H2. The Hall–Kier alpha value is -2.62. The lowest BCUT2D eigenvalue weighted by molar-refractivity contribution is -0.123. The number of nitrogens with zero attached hydrogens (tertiary/aromatic N) is 2. The van der Waals surface area contributed by atoms with Gasteiger partial charge in [-0.05, 0) is 6.07 Å². The average molecular weight is 267 g/mol. The number of hydrogen-bond donors (Lipinski definition) is 1. The molecule has 0 saturated heterocycles. The number of nitrogen functional groups attached to an aromatic ring is 1. The van der Waals surface area contributed by atoms with Gasteiger partial charge in [-0.2, -0.15) is 0 Å². The number of para-hydroxylation sites is 1. The number of anilines is 1. The van der Waals surface area contributed by atoms with Crippen LogP contribution < -0.4 is 5.73 Å². The Kier molecular flexibility index (Phi) is 4.15. The van der Waals surface area contributed by atoms with Crippen LogP contribution in [0.15, 0.2) is 60.8 Å². The number of benzene rings is 1. The van der Waals surface area contributed by atoms with E-state index in [0.29, 0.717) is 24.5 Å². The summed E-state index contributed by atoms with van der Waals surface area (Å²) in [5, 5.41) is 0. The first kappa shape index (κ1) is 13.8. The van der Waals surface area contributed by atoms with Crippen LogP contribution in [0, 0.1) is 0 Å². The summed E-state index contributed by atoms with van der Waals surface area (Å²) in [5.74, 6) is -0.134. The second-order valence-corrected chi connectivity index (χ2v) is 4.40. The van der Waals surface area contributed by atoms with Gasteiger partial charge in [-0.15, -0.1) is 13.2 Å². The third-order valence-corrected chi connectivity index (χ3v) is 3.02. The maximum Gasteiger partial charge on any atom is 0.273 e. The molecule has 1 aliphatic heterocycles. The number of aliphatic imine (C=N–C) groups is 1. The molecule has 0 spiro atoms. The minimum absolute atomic E-state index is 0.134. The predicted molar refractivity (Wildman–Crippen MR) is 83.2 cm³/mol. The van der Waals surface area contributed by atoms with Crippen LogP contribution in [0.5, 0.6) is 0 Å². The smallest absolute Gasteiger partial charge is 0.273 e. The van der Waals surface area contributed by atoms with E-state index >= 15 is 0 Å². The van der Waals surface area contributed by atoms with Gasteiger partial charge in [0.1, 0.15) is 5.71 Å². The van der Waals surface area contributed by atoms with Crippen LogP contribution in [-0.4, -0.2) is 29.6 Å². The molecule has 20 heavy (non-hydrogen) atoms. The largest absolute Gasteiger partial charge is 0.398 e. The van der Waals surface area contributed by atoms with Gasteiger partial charge in [-0.1, -0.05) is 30.4 Å². The SMILES string of the molecule is C=CCN(CC=C)C(=O)C1=NC=C1c1ccccc1N. The average Bonchev–Trinajstić information content (AvgIpc) is 2.40. The maximum absolute atomic E-state index is 12.4. The van der Waals surface area contributed by atoms with Gasteiger partial charge < -0.3 is 10.6 Å². The summed E-state index contributed by atoms with van der Waals surface area (Å²) in [5.41, 5.74) is 8.63. The van der Waals surface area contributed by atoms with Crippen molar-refractivity contribution in [3.8, 4) is 0 Å². The molecule has 0 aliphatic carbocycles. The molecule has 0 radical (unpaired) electrons. The molecule has 1 aromatic carbocycles. The molecular weight excluding hydrogens is 250 g/mol. The molecule has 0 saturated carbocycles. The normalized spacial score (nSPS) is 12.8. The fourth-order valence-corrected chi connectivity index (χ4v) is 2.01. The Morgan fingerprint density at radius 3 is 2.40 bits per heavy atom. The van der Waals surface area contributed by atoms with Gasteiger partial charge in [0.05, 0.1) is 0 Å². The molecule has 1 heterocycles. The highest BCUT2D eigenvalue weighted by Gasteiger charge is 2.27. The van der Waals surface area contributed by atoms with E-state index in [9.17, 15) is 4.79 Å². The fraction of sp³-hybridized carbons (Fsp3) is 0.125. The summed E-state index contributed by atoms with van der Waals surface area (Å²) in [4.78, 5) is 18.1. The minimum atomic E-state index is -0.134. The maximum atomic E-state index is 12.4. The molecule has 4 heteroatoms. The van der Waals surface area contributed by atoms with Crippen LogP contribution in [0.2, 0.25) is 0 Å². The van der Waals surface area contributed by atoms with E-state index in [4.69, 9.17) is 5.73 Å². The lowest BCUT2D eigenvalue weighted by Crippen LogP contribution is -2.38. The topological polar surface area (TPSA) is 58.7 Å². The van der Waals surface area contributed by atoms with Gasteiger partial charge in [0.25, 0.3) is 5.91 Å². The van der Waals surface area contributed by atoms with Crippen molar-refractivity contribution in [1.82, 2.24) is 4.90 Å². The molecule has 0 aromatic heterocycles. The van der Waals surface area contributed by atoms with Crippen molar-refractivity contribution in [3.63, 3.8) is 0 Å². The number of rotatable bonds is 6. The summed E-state index contributed by atoms with van der Waals surface area (Å²) in [7, 11) is 0. The highest BCUT2D eigenvalue weighted by Crippen LogP contribution is 2.28. The highest BCUT2D eigenvalue weighted by molar-refractivity contribution is 6.58. The van der Waals surface area contributed by atoms with Gasteiger partial charge in [0, 0.05) is 36.1 Å². The van der Waals surface area contributed by atoms with Crippen molar-refractivity contribution in [3.05, 3.63) is 61.3 Å². The van der Waals surface area contributed by atoms with Crippen LogP contribution >= 0.6 is 0 Å². The highest BCUT2D eigenvalue weighted by atomic mass is 16.2. The molecular formula is C16H17N3O. The van der Waals surface area contributed by atoms with Gasteiger partial charge in [-0.3, -0.25) is 4.79 Å². The quantitative estimate of drug-likeness (QED) is 0.635. The molecule has 2 rings (SSSR count). The lowest BCUT2D eigenvalue weighted by Gasteiger charge is -2.24. The zero-order valence-corrected chi connectivity index (χ0v) is 11.2. The molecule has 1 aliphatic rings. The van der Waals surface area contributed by atoms with Crippen LogP contribution in [0.4, 0.5) is 5.69 Å². The summed E-state index contributed by atoms with van der Waals surface area (Å²) >= 11 is 0. The molecule has 2 N–H and O–H groups in total. The summed E-state index contributed by atoms with van der Waals surface area (Å²) in [6.07, 6.45) is 5.03. The van der Waals surface area contributed by atoms with Crippen molar-refractivity contribution in [2.24, 2.45) is 4.99 Å². The van der Waals surface area contributed by atoms with Crippen molar-refractivity contribution in [2.45, 2.75) is 0 Å². The second-order valence-electron chi connectivity index (χ2n) is 4.40. The number of hydrogen-bond acceptors (Lipinski definition) is 3. The zero-order valence-electron chi connectivity index (χ0n) is 11.2. The monoisotopic (exact) mass is 267 g/mol. The first-order valence-corrected chi connectivity index (χ1v) is 6.33. The van der Waals surface area contributed by atoms with Gasteiger partial charge >= 0.3 is 0 Å². The number of amides is 1. The number of carbonyl (C=O) groups is 1. The summed E-state index contributed by atoms with van der Waals surface area (Å²) in [6, 6.07) is 7.44. The van der Waals surface area contributed by atoms with Crippen LogP contribution in [0.3, 0.4) is 0 Å². The van der Waals surface area contributed by atoms with Crippen LogP contribution in [0.25, 0.3) is 5.57 Å². The van der Waals surface area contributed by atoms with Crippen molar-refractivity contribution in [1.29, 1.82) is 0 Å². The molecule has 4 nitrogen and oxygen atoms in total. The Labute approximate surface area is 118 Å². The zero-order chi connectivity index (χ0) is 14.5. The van der Waals surface area contributed by atoms with E-state index in [2.05, 4.69) is 18.2 Å². The molecule has 0 bridgehead atoms. The van der Waals surface area contributed by atoms with E-state index < -0.39 is 0 Å². The van der Waals surface area contributed by atoms with Crippen molar-refractivity contribution >= 4 is 22.9 Å². The Balaban J connectivity index is 2.19. The number of carbonyl (C=O) groups excluding carboxylic acids is 1. The Morgan fingerprint density at radius 2 is 1.90 bits per heavy atom. The molecule has 1 amide bonds. The van der Waals surface area contributed by atoms with E-state index in [1.165, 1.54) is 0 Å². The first-order chi connectivity index (χ1) is 9.69. The first-order valence-electron chi connectivity index (χ1n) is 6.33. The van der Waals surface area contributed by atoms with Crippen LogP contribution in [-0.2, 0) is 4.79 Å². The lowest BCUT2D eigenvalue weighted by atomic mass is 9.96. The van der Waals surface area contributed by atoms with E-state index in [0.717, 1.165) is 11.1 Å². The minimum Gasteiger partial charge on any atom is -0.398 e. The van der Waals surface area contributed by atoms with Gasteiger partial charge in [0.15, 0.2) is 0 Å². The van der Waals surface area contributed by atoms with Crippen molar-refractivity contribution < 1.29 is 4.79 Å².